The quantitative estimate of drug-likeness (QED) is 0.540. The van der Waals surface area contributed by atoms with Crippen molar-refractivity contribution >= 4 is 6.03 Å². The largest absolute Gasteiger partial charge is 0.393 e. The zero-order valence-corrected chi connectivity index (χ0v) is 10.5. The predicted molar refractivity (Wildman–Crippen MR) is 63.4 cm³/mol. The van der Waals surface area contributed by atoms with E-state index in [4.69, 9.17) is 4.74 Å². The molecule has 0 radical (unpaired) electrons. The number of carbonyl (C=O) groups excluding carboxylic acids is 1. The van der Waals surface area contributed by atoms with Crippen LogP contribution in [0.5, 0.6) is 0 Å². The molecule has 0 aliphatic carbocycles. The van der Waals surface area contributed by atoms with Crippen molar-refractivity contribution in [1.29, 1.82) is 0 Å². The van der Waals surface area contributed by atoms with E-state index >= 15 is 0 Å². The molecule has 0 saturated carbocycles. The fraction of sp³-hybridized carbons (Fsp3) is 0.909. The molecule has 96 valence electrons. The summed E-state index contributed by atoms with van der Waals surface area (Å²) in [7, 11) is 0. The molecule has 0 aliphatic rings. The van der Waals surface area contributed by atoms with Gasteiger partial charge in [-0.25, -0.2) is 4.79 Å². The van der Waals surface area contributed by atoms with E-state index in [1.807, 2.05) is 20.8 Å². The molecule has 0 heterocycles. The molecule has 1 atom stereocenters. The van der Waals surface area contributed by atoms with Crippen molar-refractivity contribution in [2.75, 3.05) is 26.3 Å². The third kappa shape index (κ3) is 8.49. The number of hydrogen-bond donors (Lipinski definition) is 3. The van der Waals surface area contributed by atoms with Gasteiger partial charge in [0.15, 0.2) is 0 Å². The first-order valence-electron chi connectivity index (χ1n) is 5.85. The zero-order valence-electron chi connectivity index (χ0n) is 10.5. The number of hydrogen-bond acceptors (Lipinski definition) is 3. The number of nitrogens with one attached hydrogen (secondary N) is 2. The number of ether oxygens (including phenoxy) is 1. The number of aliphatic hydroxyl groups excluding tert-OH is 1. The Labute approximate surface area is 97.6 Å². The molecule has 0 aromatic heterocycles. The average Bonchev–Trinajstić information content (AvgIpc) is 2.24. The molecule has 0 aliphatic heterocycles. The van der Waals surface area contributed by atoms with Gasteiger partial charge < -0.3 is 20.5 Å². The molecule has 16 heavy (non-hydrogen) atoms. The molecule has 0 saturated heterocycles. The Kier molecular flexibility index (Phi) is 8.94. The van der Waals surface area contributed by atoms with E-state index in [1.54, 1.807) is 0 Å². The molecule has 0 fully saturated rings. The Morgan fingerprint density at radius 3 is 2.50 bits per heavy atom. The van der Waals surface area contributed by atoms with Gasteiger partial charge in [-0.2, -0.15) is 0 Å². The second-order valence-corrected chi connectivity index (χ2v) is 3.98. The van der Waals surface area contributed by atoms with Crippen LogP contribution in [0.2, 0.25) is 0 Å². The van der Waals surface area contributed by atoms with Crippen molar-refractivity contribution in [3.05, 3.63) is 0 Å². The van der Waals surface area contributed by atoms with Crippen molar-refractivity contribution in [1.82, 2.24) is 10.6 Å². The summed E-state index contributed by atoms with van der Waals surface area (Å²) in [5.74, 6) is 0.225. The van der Waals surface area contributed by atoms with Crippen LogP contribution in [0.15, 0.2) is 0 Å². The van der Waals surface area contributed by atoms with Gasteiger partial charge in [0, 0.05) is 19.7 Å². The first-order valence-corrected chi connectivity index (χ1v) is 5.85. The highest BCUT2D eigenvalue weighted by molar-refractivity contribution is 5.73. The first kappa shape index (κ1) is 15.2. The SMILES string of the molecule is CCOCCNC(=O)NCCC(O)C(C)C. The summed E-state index contributed by atoms with van der Waals surface area (Å²) in [6.45, 7) is 7.99. The molecule has 3 N–H and O–H groups in total. The Hall–Kier alpha value is -0.810. The molecule has 5 nitrogen and oxygen atoms in total. The van der Waals surface area contributed by atoms with Crippen LogP contribution in [0.4, 0.5) is 4.79 Å². The summed E-state index contributed by atoms with van der Waals surface area (Å²) in [5.41, 5.74) is 0. The second kappa shape index (κ2) is 9.42. The highest BCUT2D eigenvalue weighted by Gasteiger charge is 2.08. The van der Waals surface area contributed by atoms with Gasteiger partial charge in [-0.3, -0.25) is 0 Å². The monoisotopic (exact) mass is 232 g/mol. The summed E-state index contributed by atoms with van der Waals surface area (Å²) in [6.07, 6.45) is 0.222. The molecule has 2 amide bonds. The zero-order chi connectivity index (χ0) is 12.4. The van der Waals surface area contributed by atoms with Gasteiger partial charge in [0.2, 0.25) is 0 Å². The summed E-state index contributed by atoms with van der Waals surface area (Å²) in [5, 5.41) is 14.8. The number of amides is 2. The van der Waals surface area contributed by atoms with Crippen LogP contribution in [-0.4, -0.2) is 43.5 Å². The van der Waals surface area contributed by atoms with Gasteiger partial charge in [-0.1, -0.05) is 13.8 Å². The van der Waals surface area contributed by atoms with Crippen LogP contribution in [-0.2, 0) is 4.74 Å². The topological polar surface area (TPSA) is 70.6 Å². The number of rotatable bonds is 8. The third-order valence-corrected chi connectivity index (χ3v) is 2.23. The van der Waals surface area contributed by atoms with Crippen LogP contribution in [0.3, 0.4) is 0 Å². The van der Waals surface area contributed by atoms with Gasteiger partial charge in [-0.05, 0) is 19.3 Å². The standard InChI is InChI=1S/C11H24N2O3/c1-4-16-8-7-13-11(15)12-6-5-10(14)9(2)3/h9-10,14H,4-8H2,1-3H3,(H2,12,13,15). The lowest BCUT2D eigenvalue weighted by Gasteiger charge is -2.14. The molecule has 1 unspecified atom stereocenters. The second-order valence-electron chi connectivity index (χ2n) is 3.98. The molecule has 0 aromatic rings. The lowest BCUT2D eigenvalue weighted by molar-refractivity contribution is 0.116. The Morgan fingerprint density at radius 1 is 1.31 bits per heavy atom. The van der Waals surface area contributed by atoms with Crippen molar-refractivity contribution in [2.45, 2.75) is 33.3 Å². The van der Waals surface area contributed by atoms with E-state index in [-0.39, 0.29) is 18.1 Å². The molecular weight excluding hydrogens is 208 g/mol. The van der Waals surface area contributed by atoms with Gasteiger partial charge in [-0.15, -0.1) is 0 Å². The van der Waals surface area contributed by atoms with E-state index in [0.29, 0.717) is 32.7 Å². The number of urea groups is 1. The normalized spacial score (nSPS) is 12.6. The third-order valence-electron chi connectivity index (χ3n) is 2.23. The van der Waals surface area contributed by atoms with Gasteiger partial charge in [0.25, 0.3) is 0 Å². The highest BCUT2D eigenvalue weighted by Crippen LogP contribution is 2.03. The summed E-state index contributed by atoms with van der Waals surface area (Å²) < 4.78 is 5.08. The number of carbonyl (C=O) groups is 1. The lowest BCUT2D eigenvalue weighted by Crippen LogP contribution is -2.38. The van der Waals surface area contributed by atoms with Crippen LogP contribution >= 0.6 is 0 Å². The van der Waals surface area contributed by atoms with Crippen LogP contribution in [0.1, 0.15) is 27.2 Å². The van der Waals surface area contributed by atoms with E-state index in [9.17, 15) is 9.90 Å². The van der Waals surface area contributed by atoms with Crippen LogP contribution in [0.25, 0.3) is 0 Å². The minimum atomic E-state index is -0.358. The van der Waals surface area contributed by atoms with Crippen molar-refractivity contribution in [3.8, 4) is 0 Å². The van der Waals surface area contributed by atoms with Crippen molar-refractivity contribution < 1.29 is 14.6 Å². The van der Waals surface area contributed by atoms with Crippen LogP contribution < -0.4 is 10.6 Å². The highest BCUT2D eigenvalue weighted by atomic mass is 16.5. The minimum Gasteiger partial charge on any atom is -0.393 e. The molecule has 0 spiro atoms. The fourth-order valence-electron chi connectivity index (χ4n) is 1.11. The van der Waals surface area contributed by atoms with Gasteiger partial charge >= 0.3 is 6.03 Å². The van der Waals surface area contributed by atoms with Gasteiger partial charge in [0.05, 0.1) is 12.7 Å². The number of aliphatic hydroxyl groups is 1. The van der Waals surface area contributed by atoms with Crippen molar-refractivity contribution in [2.24, 2.45) is 5.92 Å². The van der Waals surface area contributed by atoms with E-state index in [0.717, 1.165) is 0 Å². The Balaban J connectivity index is 3.37. The molecule has 0 bridgehead atoms. The maximum Gasteiger partial charge on any atom is 0.314 e. The molecule has 0 rings (SSSR count). The fourth-order valence-corrected chi connectivity index (χ4v) is 1.11. The maximum atomic E-state index is 11.2. The first-order chi connectivity index (χ1) is 7.57. The summed E-state index contributed by atoms with van der Waals surface area (Å²) in [6, 6.07) is -0.212. The summed E-state index contributed by atoms with van der Waals surface area (Å²) in [4.78, 5) is 11.2. The van der Waals surface area contributed by atoms with Crippen molar-refractivity contribution in [3.63, 3.8) is 0 Å². The lowest BCUT2D eigenvalue weighted by atomic mass is 10.0. The van der Waals surface area contributed by atoms with Gasteiger partial charge in [0.1, 0.15) is 0 Å². The van der Waals surface area contributed by atoms with Crippen LogP contribution in [0, 0.1) is 5.92 Å². The van der Waals surface area contributed by atoms with E-state index < -0.39 is 0 Å². The Bertz CT molecular complexity index is 186. The predicted octanol–water partition coefficient (Wildman–Crippen LogP) is 0.729. The Morgan fingerprint density at radius 2 is 1.94 bits per heavy atom. The molecule has 0 aromatic carbocycles. The average molecular weight is 232 g/mol. The minimum absolute atomic E-state index is 0.212. The van der Waals surface area contributed by atoms with E-state index in [2.05, 4.69) is 10.6 Å². The van der Waals surface area contributed by atoms with E-state index in [1.165, 1.54) is 0 Å². The molecular formula is C11H24N2O3. The smallest absolute Gasteiger partial charge is 0.314 e. The summed E-state index contributed by atoms with van der Waals surface area (Å²) >= 11 is 0. The maximum absolute atomic E-state index is 11.2. The molecule has 5 heteroatoms.